The number of pyridine rings is 1. The average Bonchev–Trinajstić information content (AvgIpc) is 2.72. The molecule has 1 aromatic heterocycles. The molecule has 0 amide bonds. The summed E-state index contributed by atoms with van der Waals surface area (Å²) in [5.74, 6) is -0.440. The molecule has 2 aromatic carbocycles. The van der Waals surface area contributed by atoms with E-state index in [1.807, 2.05) is 0 Å². The highest BCUT2D eigenvalue weighted by molar-refractivity contribution is 7.92. The molecule has 1 N–H and O–H groups in total. The third kappa shape index (κ3) is 5.23. The summed E-state index contributed by atoms with van der Waals surface area (Å²) in [7, 11) is -3.22. The zero-order valence-corrected chi connectivity index (χ0v) is 19.3. The highest BCUT2D eigenvalue weighted by atomic mass is 35.5. The summed E-state index contributed by atoms with van der Waals surface area (Å²) in [5.41, 5.74) is -1.28. The first-order chi connectivity index (χ1) is 15.3. The van der Waals surface area contributed by atoms with Crippen molar-refractivity contribution < 1.29 is 31.1 Å². The van der Waals surface area contributed by atoms with Gasteiger partial charge in [0.15, 0.2) is 0 Å². The molecule has 0 aliphatic heterocycles. The van der Waals surface area contributed by atoms with E-state index in [-0.39, 0.29) is 27.7 Å². The molecule has 0 bridgehead atoms. The topological polar surface area (TPSA) is 85.4 Å². The van der Waals surface area contributed by atoms with Gasteiger partial charge in [-0.25, -0.2) is 13.4 Å². The van der Waals surface area contributed by atoms with Gasteiger partial charge in [0.25, 0.3) is 10.0 Å². The smallest absolute Gasteiger partial charge is 0.417 e. The Kier molecular flexibility index (Phi) is 6.92. The molecule has 0 fully saturated rings. The number of hydrogen-bond acceptors (Lipinski definition) is 5. The zero-order valence-electron chi connectivity index (χ0n) is 17.0. The van der Waals surface area contributed by atoms with Gasteiger partial charge in [-0.05, 0) is 42.8 Å². The van der Waals surface area contributed by atoms with Gasteiger partial charge in [-0.15, -0.1) is 0 Å². The van der Waals surface area contributed by atoms with Crippen molar-refractivity contribution in [2.75, 3.05) is 11.8 Å². The van der Waals surface area contributed by atoms with E-state index in [0.717, 1.165) is 24.4 Å². The van der Waals surface area contributed by atoms with Crippen LogP contribution in [0.2, 0.25) is 10.0 Å². The van der Waals surface area contributed by atoms with Gasteiger partial charge in [0.2, 0.25) is 5.78 Å². The molecular formula is C21H15Cl2F3N2O4S. The number of halogens is 5. The largest absolute Gasteiger partial charge is 0.496 e. The minimum atomic E-state index is -4.87. The number of ether oxygens (including phenoxy) is 1. The van der Waals surface area contributed by atoms with Crippen LogP contribution in [0.3, 0.4) is 0 Å². The monoisotopic (exact) mass is 518 g/mol. The van der Waals surface area contributed by atoms with E-state index >= 15 is 0 Å². The van der Waals surface area contributed by atoms with E-state index < -0.39 is 37.5 Å². The first-order valence-corrected chi connectivity index (χ1v) is 11.3. The van der Waals surface area contributed by atoms with Crippen LogP contribution in [-0.2, 0) is 16.2 Å². The van der Waals surface area contributed by atoms with Crippen LogP contribution in [0, 0.1) is 6.92 Å². The molecule has 174 valence electrons. The summed E-state index contributed by atoms with van der Waals surface area (Å²) >= 11 is 11.5. The fourth-order valence-corrected chi connectivity index (χ4v) is 4.48. The second-order valence-corrected chi connectivity index (χ2v) is 9.30. The van der Waals surface area contributed by atoms with Gasteiger partial charge in [0, 0.05) is 6.20 Å². The van der Waals surface area contributed by atoms with Gasteiger partial charge in [0.1, 0.15) is 11.4 Å². The van der Waals surface area contributed by atoms with Crippen LogP contribution in [0.25, 0.3) is 0 Å². The third-order valence-electron chi connectivity index (χ3n) is 4.55. The van der Waals surface area contributed by atoms with Gasteiger partial charge in [-0.2, -0.15) is 13.2 Å². The molecule has 3 aromatic rings. The maximum Gasteiger partial charge on any atom is 0.417 e. The summed E-state index contributed by atoms with van der Waals surface area (Å²) in [6.07, 6.45) is -3.73. The second-order valence-electron chi connectivity index (χ2n) is 6.78. The van der Waals surface area contributed by atoms with Crippen molar-refractivity contribution in [1.29, 1.82) is 0 Å². The lowest BCUT2D eigenvalue weighted by Gasteiger charge is -2.15. The summed E-state index contributed by atoms with van der Waals surface area (Å²) in [6, 6.07) is 8.12. The van der Waals surface area contributed by atoms with Crippen LogP contribution in [-0.4, -0.2) is 26.3 Å². The number of methoxy groups -OCH3 is 1. The van der Waals surface area contributed by atoms with E-state index in [2.05, 4.69) is 9.71 Å². The molecule has 12 heteroatoms. The predicted octanol–water partition coefficient (Wildman–Crippen LogP) is 5.76. The molecule has 33 heavy (non-hydrogen) atoms. The number of hydrogen-bond donors (Lipinski definition) is 1. The zero-order chi connectivity index (χ0) is 24.6. The lowest BCUT2D eigenvalue weighted by Crippen LogP contribution is -2.18. The minimum absolute atomic E-state index is 0.00640. The van der Waals surface area contributed by atoms with E-state index in [1.54, 1.807) is 25.1 Å². The van der Waals surface area contributed by atoms with Crippen LogP contribution in [0.1, 0.15) is 27.2 Å². The summed E-state index contributed by atoms with van der Waals surface area (Å²) in [5, 5.41) is -0.665. The van der Waals surface area contributed by atoms with Gasteiger partial charge in [0.05, 0.1) is 38.9 Å². The van der Waals surface area contributed by atoms with Crippen molar-refractivity contribution in [2.24, 2.45) is 0 Å². The predicted molar refractivity (Wildman–Crippen MR) is 118 cm³/mol. The fourth-order valence-electron chi connectivity index (χ4n) is 3.01. The van der Waals surface area contributed by atoms with E-state index in [1.165, 1.54) is 7.11 Å². The molecule has 1 heterocycles. The number of sulfonamides is 1. The number of nitrogens with zero attached hydrogens (tertiary/aromatic N) is 1. The number of benzene rings is 2. The maximum absolute atomic E-state index is 13.2. The number of rotatable bonds is 6. The Morgan fingerprint density at radius 2 is 1.82 bits per heavy atom. The van der Waals surface area contributed by atoms with E-state index in [0.29, 0.717) is 11.6 Å². The van der Waals surface area contributed by atoms with Crippen molar-refractivity contribution in [3.8, 4) is 5.75 Å². The SMILES string of the molecule is COc1cccc(C)c1C(=O)c1ncc(Cl)cc1NS(=O)(=O)c1ccc(Cl)c(C(F)(F)F)c1. The highest BCUT2D eigenvalue weighted by Gasteiger charge is 2.35. The van der Waals surface area contributed by atoms with Crippen molar-refractivity contribution in [3.63, 3.8) is 0 Å². The first kappa shape index (κ1) is 24.8. The molecule has 0 unspecified atom stereocenters. The second kappa shape index (κ2) is 9.20. The van der Waals surface area contributed by atoms with Crippen LogP contribution >= 0.6 is 23.2 Å². The van der Waals surface area contributed by atoms with Crippen molar-refractivity contribution in [1.82, 2.24) is 4.98 Å². The quantitative estimate of drug-likeness (QED) is 0.419. The molecule has 6 nitrogen and oxygen atoms in total. The number of carbonyl (C=O) groups excluding carboxylic acids is 1. The maximum atomic E-state index is 13.2. The molecule has 0 spiro atoms. The molecule has 0 aliphatic carbocycles. The number of alkyl halides is 3. The van der Waals surface area contributed by atoms with Gasteiger partial charge >= 0.3 is 6.18 Å². The molecule has 3 rings (SSSR count). The molecule has 0 radical (unpaired) electrons. The van der Waals surface area contributed by atoms with Gasteiger partial charge < -0.3 is 4.74 Å². The standard InChI is InChI=1S/C21H15Cl2F3N2O4S/c1-11-4-3-5-17(32-2)18(11)20(29)19-16(8-12(22)10-27-19)28-33(30,31)13-6-7-15(23)14(9-13)21(24,25)26/h3-10,28H,1-2H3. The number of aryl methyl sites for hydroxylation is 1. The lowest BCUT2D eigenvalue weighted by atomic mass is 10.0. The van der Waals surface area contributed by atoms with Crippen molar-refractivity contribution in [3.05, 3.63) is 81.1 Å². The van der Waals surface area contributed by atoms with E-state index in [4.69, 9.17) is 27.9 Å². The first-order valence-electron chi connectivity index (χ1n) is 9.08. The number of anilines is 1. The summed E-state index contributed by atoms with van der Waals surface area (Å²) < 4.78 is 72.6. The average molecular weight is 519 g/mol. The minimum Gasteiger partial charge on any atom is -0.496 e. The third-order valence-corrected chi connectivity index (χ3v) is 6.45. The van der Waals surface area contributed by atoms with Crippen LogP contribution in [0.4, 0.5) is 18.9 Å². The molecule has 0 saturated heterocycles. The number of nitrogens with one attached hydrogen (secondary N) is 1. The Labute approximate surface area is 197 Å². The fraction of sp³-hybridized carbons (Fsp3) is 0.143. The lowest BCUT2D eigenvalue weighted by molar-refractivity contribution is -0.137. The Balaban J connectivity index is 2.10. The Bertz CT molecular complexity index is 1350. The van der Waals surface area contributed by atoms with E-state index in [9.17, 15) is 26.4 Å². The highest BCUT2D eigenvalue weighted by Crippen LogP contribution is 2.36. The Morgan fingerprint density at radius 3 is 2.45 bits per heavy atom. The van der Waals surface area contributed by atoms with Crippen LogP contribution < -0.4 is 9.46 Å². The molecule has 0 saturated carbocycles. The number of carbonyl (C=O) groups is 1. The van der Waals surface area contributed by atoms with Crippen LogP contribution in [0.15, 0.2) is 53.6 Å². The normalized spacial score (nSPS) is 11.8. The number of ketones is 1. The molecular weight excluding hydrogens is 504 g/mol. The van der Waals surface area contributed by atoms with Crippen molar-refractivity contribution >= 4 is 44.7 Å². The molecule has 0 aliphatic rings. The number of aromatic nitrogens is 1. The Morgan fingerprint density at radius 1 is 1.12 bits per heavy atom. The van der Waals surface area contributed by atoms with Crippen molar-refractivity contribution in [2.45, 2.75) is 18.0 Å². The van der Waals surface area contributed by atoms with Crippen LogP contribution in [0.5, 0.6) is 5.75 Å². The summed E-state index contributed by atoms with van der Waals surface area (Å²) in [4.78, 5) is 16.5. The molecule has 0 atom stereocenters. The Hall–Kier alpha value is -2.82. The van der Waals surface area contributed by atoms with Gasteiger partial charge in [-0.1, -0.05) is 35.3 Å². The van der Waals surface area contributed by atoms with Gasteiger partial charge in [-0.3, -0.25) is 9.52 Å². The summed E-state index contributed by atoms with van der Waals surface area (Å²) in [6.45, 7) is 1.65.